The molecule has 0 aromatic carbocycles. The molecule has 80 valence electrons. The minimum Gasteiger partial charge on any atom is -0.389 e. The van der Waals surface area contributed by atoms with Crippen LogP contribution in [0.2, 0.25) is 0 Å². The van der Waals surface area contributed by atoms with Gasteiger partial charge in [-0.25, -0.2) is 0 Å². The van der Waals surface area contributed by atoms with E-state index < -0.39 is 5.60 Å². The van der Waals surface area contributed by atoms with Crippen molar-refractivity contribution in [1.82, 2.24) is 0 Å². The molecule has 0 bridgehead atoms. The van der Waals surface area contributed by atoms with Crippen molar-refractivity contribution >= 4 is 5.78 Å². The molecule has 3 atom stereocenters. The third kappa shape index (κ3) is 1.10. The van der Waals surface area contributed by atoms with Gasteiger partial charge in [0.1, 0.15) is 5.78 Å². The topological polar surface area (TPSA) is 37.3 Å². The average molecular weight is 196 g/mol. The lowest BCUT2D eigenvalue weighted by molar-refractivity contribution is -0.138. The smallest absolute Gasteiger partial charge is 0.136 e. The summed E-state index contributed by atoms with van der Waals surface area (Å²) in [5.74, 6) is 0.532. The van der Waals surface area contributed by atoms with Crippen LogP contribution >= 0.6 is 0 Å². The molecule has 14 heavy (non-hydrogen) atoms. The highest BCUT2D eigenvalue weighted by atomic mass is 16.3. The number of hydrogen-bond acceptors (Lipinski definition) is 2. The highest BCUT2D eigenvalue weighted by Gasteiger charge is 2.58. The Kier molecular flexibility index (Phi) is 2.22. The normalized spacial score (nSPS) is 47.9. The molecule has 0 aromatic heterocycles. The van der Waals surface area contributed by atoms with Crippen molar-refractivity contribution in [3.05, 3.63) is 0 Å². The number of carbonyl (C=O) groups excluding carboxylic acids is 1. The summed E-state index contributed by atoms with van der Waals surface area (Å²) < 4.78 is 0. The van der Waals surface area contributed by atoms with E-state index in [1.54, 1.807) is 0 Å². The molecule has 0 heterocycles. The molecular weight excluding hydrogens is 176 g/mol. The highest BCUT2D eigenvalue weighted by molar-refractivity contribution is 5.83. The summed E-state index contributed by atoms with van der Waals surface area (Å²) in [7, 11) is 0. The third-order valence-corrected chi connectivity index (χ3v) is 4.77. The van der Waals surface area contributed by atoms with Gasteiger partial charge in [0.05, 0.1) is 5.60 Å². The van der Waals surface area contributed by atoms with Crippen molar-refractivity contribution < 1.29 is 9.90 Å². The van der Waals surface area contributed by atoms with E-state index in [2.05, 4.69) is 6.92 Å². The Hall–Kier alpha value is -0.370. The molecule has 0 aromatic rings. The van der Waals surface area contributed by atoms with Gasteiger partial charge in [-0.2, -0.15) is 0 Å². The maximum Gasteiger partial charge on any atom is 0.136 e. The van der Waals surface area contributed by atoms with Gasteiger partial charge in [-0.1, -0.05) is 13.8 Å². The summed E-state index contributed by atoms with van der Waals surface area (Å²) in [6, 6.07) is 0. The number of ketones is 1. The van der Waals surface area contributed by atoms with Gasteiger partial charge in [0.15, 0.2) is 0 Å². The Morgan fingerprint density at radius 2 is 2.21 bits per heavy atom. The quantitative estimate of drug-likeness (QED) is 0.698. The van der Waals surface area contributed by atoms with Crippen LogP contribution in [0.4, 0.5) is 0 Å². The molecule has 2 heteroatoms. The van der Waals surface area contributed by atoms with Crippen molar-refractivity contribution in [1.29, 1.82) is 0 Å². The SMILES string of the molecule is CCC1(O)CCC2C(=O)CCC[C@@]21C. The molecule has 0 aliphatic heterocycles. The second-order valence-electron chi connectivity index (χ2n) is 5.21. The molecule has 0 spiro atoms. The van der Waals surface area contributed by atoms with E-state index in [0.29, 0.717) is 5.78 Å². The van der Waals surface area contributed by atoms with Crippen LogP contribution in [0.1, 0.15) is 52.4 Å². The van der Waals surface area contributed by atoms with Crippen molar-refractivity contribution in [2.45, 2.75) is 58.0 Å². The van der Waals surface area contributed by atoms with Gasteiger partial charge < -0.3 is 5.11 Å². The molecule has 2 rings (SSSR count). The fourth-order valence-corrected chi connectivity index (χ4v) is 3.62. The van der Waals surface area contributed by atoms with Crippen LogP contribution in [-0.4, -0.2) is 16.5 Å². The zero-order valence-corrected chi connectivity index (χ0v) is 9.18. The lowest BCUT2D eigenvalue weighted by Crippen LogP contribution is -2.48. The number of carbonyl (C=O) groups is 1. The van der Waals surface area contributed by atoms with Crippen LogP contribution in [0.5, 0.6) is 0 Å². The van der Waals surface area contributed by atoms with E-state index in [1.165, 1.54) is 0 Å². The molecule has 0 radical (unpaired) electrons. The van der Waals surface area contributed by atoms with Crippen molar-refractivity contribution in [2.75, 3.05) is 0 Å². The Morgan fingerprint density at radius 1 is 1.50 bits per heavy atom. The summed E-state index contributed by atoms with van der Waals surface area (Å²) in [4.78, 5) is 11.8. The minimum atomic E-state index is -0.576. The molecule has 2 unspecified atom stereocenters. The van der Waals surface area contributed by atoms with Gasteiger partial charge in [-0.05, 0) is 32.1 Å². The monoisotopic (exact) mass is 196 g/mol. The molecule has 1 N–H and O–H groups in total. The van der Waals surface area contributed by atoms with E-state index in [-0.39, 0.29) is 11.3 Å². The first kappa shape index (κ1) is 10.2. The second-order valence-corrected chi connectivity index (χ2v) is 5.21. The summed E-state index contributed by atoms with van der Waals surface area (Å²) in [5.41, 5.74) is -0.704. The lowest BCUT2D eigenvalue weighted by Gasteiger charge is -2.44. The van der Waals surface area contributed by atoms with Crippen LogP contribution in [-0.2, 0) is 4.79 Å². The molecule has 0 saturated heterocycles. The maximum absolute atomic E-state index is 11.8. The van der Waals surface area contributed by atoms with E-state index in [1.807, 2.05) is 6.92 Å². The number of fused-ring (bicyclic) bond motifs is 1. The first-order valence-corrected chi connectivity index (χ1v) is 5.78. The van der Waals surface area contributed by atoms with Gasteiger partial charge in [-0.15, -0.1) is 0 Å². The van der Waals surface area contributed by atoms with Crippen LogP contribution in [0.25, 0.3) is 0 Å². The highest BCUT2D eigenvalue weighted by Crippen LogP contribution is 2.57. The second kappa shape index (κ2) is 3.06. The van der Waals surface area contributed by atoms with Crippen LogP contribution in [0.3, 0.4) is 0 Å². The minimum absolute atomic E-state index is 0.128. The van der Waals surface area contributed by atoms with Crippen molar-refractivity contribution in [2.24, 2.45) is 11.3 Å². The zero-order chi connectivity index (χ0) is 10.4. The molecule has 0 amide bonds. The van der Waals surface area contributed by atoms with Gasteiger partial charge in [0, 0.05) is 17.8 Å². The van der Waals surface area contributed by atoms with Gasteiger partial charge in [-0.3, -0.25) is 4.79 Å². The number of hydrogen-bond donors (Lipinski definition) is 1. The summed E-state index contributed by atoms with van der Waals surface area (Å²) in [6.07, 6.45) is 5.23. The molecule has 2 saturated carbocycles. The molecule has 2 fully saturated rings. The van der Waals surface area contributed by atoms with Crippen molar-refractivity contribution in [3.8, 4) is 0 Å². The standard InChI is InChI=1S/C12H20O2/c1-3-12(14)8-6-9-10(13)5-4-7-11(9,12)2/h9,14H,3-8H2,1-2H3/t9?,11-,12?/m0/s1. The number of Topliss-reactive ketones (excluding diaryl/α,β-unsaturated/α-hetero) is 1. The summed E-state index contributed by atoms with van der Waals surface area (Å²) in [5, 5.41) is 10.5. The Balaban J connectivity index is 2.33. The van der Waals surface area contributed by atoms with Gasteiger partial charge >= 0.3 is 0 Å². The Bertz CT molecular complexity index is 261. The lowest BCUT2D eigenvalue weighted by atomic mass is 9.62. The third-order valence-electron chi connectivity index (χ3n) is 4.77. The molecule has 2 aliphatic carbocycles. The van der Waals surface area contributed by atoms with E-state index in [9.17, 15) is 9.90 Å². The molecule has 2 aliphatic rings. The molecule has 2 nitrogen and oxygen atoms in total. The maximum atomic E-state index is 11.8. The van der Waals surface area contributed by atoms with Crippen LogP contribution in [0.15, 0.2) is 0 Å². The molecular formula is C12H20O2. The zero-order valence-electron chi connectivity index (χ0n) is 9.18. The van der Waals surface area contributed by atoms with Crippen LogP contribution in [0, 0.1) is 11.3 Å². The fraction of sp³-hybridized carbons (Fsp3) is 0.917. The average Bonchev–Trinajstić information content (AvgIpc) is 2.42. The van der Waals surface area contributed by atoms with E-state index >= 15 is 0 Å². The number of aliphatic hydroxyl groups is 1. The predicted octanol–water partition coefficient (Wildman–Crippen LogP) is 2.30. The first-order chi connectivity index (χ1) is 6.53. The van der Waals surface area contributed by atoms with Gasteiger partial charge in [0.2, 0.25) is 0 Å². The van der Waals surface area contributed by atoms with Gasteiger partial charge in [0.25, 0.3) is 0 Å². The largest absolute Gasteiger partial charge is 0.389 e. The summed E-state index contributed by atoms with van der Waals surface area (Å²) >= 11 is 0. The van der Waals surface area contributed by atoms with Crippen LogP contribution < -0.4 is 0 Å². The first-order valence-electron chi connectivity index (χ1n) is 5.78. The van der Waals surface area contributed by atoms with Crippen molar-refractivity contribution in [3.63, 3.8) is 0 Å². The predicted molar refractivity (Wildman–Crippen MR) is 54.9 cm³/mol. The van der Waals surface area contributed by atoms with E-state index in [4.69, 9.17) is 0 Å². The Labute approximate surface area is 85.7 Å². The number of rotatable bonds is 1. The Morgan fingerprint density at radius 3 is 2.86 bits per heavy atom. The summed E-state index contributed by atoms with van der Waals surface area (Å²) in [6.45, 7) is 4.15. The van der Waals surface area contributed by atoms with E-state index in [0.717, 1.165) is 38.5 Å². The fourth-order valence-electron chi connectivity index (χ4n) is 3.62.